The third-order valence-corrected chi connectivity index (χ3v) is 5.85. The maximum absolute atomic E-state index is 13.4. The van der Waals surface area contributed by atoms with Crippen LogP contribution >= 0.6 is 0 Å². The molecule has 3 aromatic rings. The van der Waals surface area contributed by atoms with Crippen LogP contribution in [0.4, 0.5) is 5.69 Å². The number of carbonyl (C=O) groups is 2. The van der Waals surface area contributed by atoms with Crippen molar-refractivity contribution in [3.63, 3.8) is 0 Å². The Bertz CT molecular complexity index is 979. The Morgan fingerprint density at radius 3 is 2.70 bits per heavy atom. The van der Waals surface area contributed by atoms with Gasteiger partial charge in [-0.3, -0.25) is 9.59 Å². The van der Waals surface area contributed by atoms with Crippen molar-refractivity contribution in [2.75, 3.05) is 11.4 Å². The fourth-order valence-corrected chi connectivity index (χ4v) is 4.30. The highest BCUT2D eigenvalue weighted by Gasteiger charge is 2.29. The summed E-state index contributed by atoms with van der Waals surface area (Å²) in [4.78, 5) is 27.3. The molecule has 5 nitrogen and oxygen atoms in total. The number of primary amides is 1. The Hall–Kier alpha value is -3.08. The van der Waals surface area contributed by atoms with Crippen LogP contribution in [0.1, 0.15) is 43.7 Å². The number of aromatic amines is 1. The second-order valence-electron chi connectivity index (χ2n) is 7.74. The van der Waals surface area contributed by atoms with Crippen LogP contribution in [0.15, 0.2) is 54.7 Å². The molecular formula is C25H31N3O2. The summed E-state index contributed by atoms with van der Waals surface area (Å²) < 4.78 is 0. The van der Waals surface area contributed by atoms with Crippen LogP contribution < -0.4 is 10.6 Å². The molecule has 0 saturated heterocycles. The lowest BCUT2D eigenvalue weighted by Crippen LogP contribution is -2.35. The SMILES string of the molecule is CCCCC(CCc1c[nH]c2ccccc12)C(=O)N1CCc2ccccc21.NC=O. The molecule has 1 aliphatic rings. The highest BCUT2D eigenvalue weighted by molar-refractivity contribution is 5.97. The van der Waals surface area contributed by atoms with Gasteiger partial charge in [0.05, 0.1) is 0 Å². The van der Waals surface area contributed by atoms with Crippen LogP contribution in [-0.2, 0) is 22.4 Å². The number of fused-ring (bicyclic) bond motifs is 2. The number of unbranched alkanes of at least 4 members (excludes halogenated alkanes) is 1. The maximum Gasteiger partial charge on any atom is 0.230 e. The first-order chi connectivity index (χ1) is 14.7. The summed E-state index contributed by atoms with van der Waals surface area (Å²) in [6.45, 7) is 3.03. The lowest BCUT2D eigenvalue weighted by atomic mass is 9.93. The number of anilines is 1. The van der Waals surface area contributed by atoms with Gasteiger partial charge in [0.1, 0.15) is 0 Å². The fourth-order valence-electron chi connectivity index (χ4n) is 4.30. The summed E-state index contributed by atoms with van der Waals surface area (Å²) in [6, 6.07) is 16.8. The van der Waals surface area contributed by atoms with E-state index in [0.29, 0.717) is 5.91 Å². The van der Waals surface area contributed by atoms with Crippen LogP contribution in [0.5, 0.6) is 0 Å². The third-order valence-electron chi connectivity index (χ3n) is 5.85. The minimum atomic E-state index is 0.102. The number of rotatable bonds is 7. The van der Waals surface area contributed by atoms with Crippen molar-refractivity contribution < 1.29 is 9.59 Å². The molecule has 3 N–H and O–H groups in total. The van der Waals surface area contributed by atoms with Crippen molar-refractivity contribution in [1.29, 1.82) is 0 Å². The van der Waals surface area contributed by atoms with Gasteiger partial charge in [-0.2, -0.15) is 0 Å². The number of aromatic nitrogens is 1. The topological polar surface area (TPSA) is 79.2 Å². The van der Waals surface area contributed by atoms with E-state index in [4.69, 9.17) is 4.79 Å². The summed E-state index contributed by atoms with van der Waals surface area (Å²) in [5.41, 5.74) is 9.09. The number of benzene rings is 2. The van der Waals surface area contributed by atoms with Gasteiger partial charge in [-0.1, -0.05) is 56.2 Å². The minimum Gasteiger partial charge on any atom is -0.372 e. The standard InChI is InChI=1S/C24H28N2O.CH3NO/c1-2-3-8-19(13-14-20-17-25-22-11-6-5-10-21(20)22)24(27)26-16-15-18-9-4-7-12-23(18)26;2-1-3/h4-7,9-12,17,19,25H,2-3,8,13-16H2,1H3;1H,(H2,2,3). The molecule has 0 bridgehead atoms. The van der Waals surface area contributed by atoms with Gasteiger partial charge in [0.25, 0.3) is 0 Å². The van der Waals surface area contributed by atoms with Crippen molar-refractivity contribution >= 4 is 28.9 Å². The first kappa shape index (κ1) is 21.6. The number of H-pyrrole nitrogens is 1. The van der Waals surface area contributed by atoms with Gasteiger partial charge in [-0.25, -0.2) is 0 Å². The van der Waals surface area contributed by atoms with E-state index >= 15 is 0 Å². The number of hydrogen-bond acceptors (Lipinski definition) is 2. The average Bonchev–Trinajstić information content (AvgIpc) is 3.38. The summed E-state index contributed by atoms with van der Waals surface area (Å²) >= 11 is 0. The molecule has 5 heteroatoms. The molecule has 2 amide bonds. The Kier molecular flexibility index (Phi) is 7.66. The number of amides is 2. The number of nitrogens with zero attached hydrogens (tertiary/aromatic N) is 1. The maximum atomic E-state index is 13.4. The third kappa shape index (κ3) is 4.90. The second kappa shape index (κ2) is 10.6. The van der Waals surface area contributed by atoms with Crippen molar-refractivity contribution in [2.45, 2.75) is 45.4 Å². The summed E-state index contributed by atoms with van der Waals surface area (Å²) in [5, 5.41) is 1.28. The van der Waals surface area contributed by atoms with Gasteiger partial charge < -0.3 is 15.6 Å². The van der Waals surface area contributed by atoms with Gasteiger partial charge in [0.15, 0.2) is 0 Å². The normalized spacial score (nSPS) is 13.4. The smallest absolute Gasteiger partial charge is 0.230 e. The zero-order chi connectivity index (χ0) is 21.3. The number of nitrogens with two attached hydrogens (primary N) is 1. The quantitative estimate of drug-likeness (QED) is 0.564. The summed E-state index contributed by atoms with van der Waals surface area (Å²) in [7, 11) is 0. The molecule has 30 heavy (non-hydrogen) atoms. The second-order valence-corrected chi connectivity index (χ2v) is 7.74. The molecule has 0 saturated carbocycles. The van der Waals surface area contributed by atoms with Gasteiger partial charge in [0, 0.05) is 35.2 Å². The number of aryl methyl sites for hydroxylation is 1. The predicted octanol–water partition coefficient (Wildman–Crippen LogP) is 4.60. The van der Waals surface area contributed by atoms with E-state index in [-0.39, 0.29) is 12.3 Å². The molecule has 0 radical (unpaired) electrons. The van der Waals surface area contributed by atoms with Gasteiger partial charge in [-0.15, -0.1) is 0 Å². The number of para-hydroxylation sites is 2. The molecule has 2 aromatic carbocycles. The largest absolute Gasteiger partial charge is 0.372 e. The van der Waals surface area contributed by atoms with E-state index < -0.39 is 0 Å². The van der Waals surface area contributed by atoms with Crippen LogP contribution in [-0.4, -0.2) is 23.8 Å². The number of carbonyl (C=O) groups excluding carboxylic acids is 2. The molecule has 158 valence electrons. The lowest BCUT2D eigenvalue weighted by molar-refractivity contribution is -0.122. The zero-order valence-corrected chi connectivity index (χ0v) is 17.6. The van der Waals surface area contributed by atoms with Crippen molar-refractivity contribution in [3.05, 3.63) is 65.9 Å². The molecule has 1 aliphatic heterocycles. The van der Waals surface area contributed by atoms with E-state index in [0.717, 1.165) is 50.8 Å². The van der Waals surface area contributed by atoms with Crippen molar-refractivity contribution in [1.82, 2.24) is 4.98 Å². The highest BCUT2D eigenvalue weighted by Crippen LogP contribution is 2.31. The van der Waals surface area contributed by atoms with Crippen LogP contribution in [0.25, 0.3) is 10.9 Å². The lowest BCUT2D eigenvalue weighted by Gasteiger charge is -2.24. The Morgan fingerprint density at radius 1 is 1.17 bits per heavy atom. The predicted molar refractivity (Wildman–Crippen MR) is 122 cm³/mol. The van der Waals surface area contributed by atoms with Crippen LogP contribution in [0.3, 0.4) is 0 Å². The van der Waals surface area contributed by atoms with Gasteiger partial charge in [-0.05, 0) is 48.9 Å². The van der Waals surface area contributed by atoms with Gasteiger partial charge >= 0.3 is 0 Å². The number of hydrogen-bond donors (Lipinski definition) is 2. The van der Waals surface area contributed by atoms with Crippen LogP contribution in [0, 0.1) is 5.92 Å². The highest BCUT2D eigenvalue weighted by atomic mass is 16.2. The molecule has 4 rings (SSSR count). The monoisotopic (exact) mass is 405 g/mol. The molecule has 0 aliphatic carbocycles. The summed E-state index contributed by atoms with van der Waals surface area (Å²) in [5.74, 6) is 0.415. The number of nitrogens with one attached hydrogen (secondary N) is 1. The minimum absolute atomic E-state index is 0.102. The Labute approximate surface area is 178 Å². The Morgan fingerprint density at radius 2 is 1.90 bits per heavy atom. The average molecular weight is 406 g/mol. The molecule has 0 fully saturated rings. The molecular weight excluding hydrogens is 374 g/mol. The van der Waals surface area contributed by atoms with E-state index in [9.17, 15) is 4.79 Å². The molecule has 2 heterocycles. The first-order valence-corrected chi connectivity index (χ1v) is 10.8. The van der Waals surface area contributed by atoms with E-state index in [1.807, 2.05) is 11.0 Å². The van der Waals surface area contributed by atoms with E-state index in [1.165, 1.54) is 22.0 Å². The first-order valence-electron chi connectivity index (χ1n) is 10.8. The molecule has 0 spiro atoms. The molecule has 1 unspecified atom stereocenters. The summed E-state index contributed by atoms with van der Waals surface area (Å²) in [6.07, 6.45) is 8.42. The zero-order valence-electron chi connectivity index (χ0n) is 17.6. The molecule has 1 atom stereocenters. The fraction of sp³-hybridized carbons (Fsp3) is 0.360. The van der Waals surface area contributed by atoms with Gasteiger partial charge in [0.2, 0.25) is 12.3 Å². The van der Waals surface area contributed by atoms with Crippen molar-refractivity contribution in [2.24, 2.45) is 11.7 Å². The van der Waals surface area contributed by atoms with Crippen molar-refractivity contribution in [3.8, 4) is 0 Å². The molecule has 1 aromatic heterocycles. The van der Waals surface area contributed by atoms with Crippen LogP contribution in [0.2, 0.25) is 0 Å². The van der Waals surface area contributed by atoms with E-state index in [2.05, 4.69) is 66.3 Å². The van der Waals surface area contributed by atoms with E-state index in [1.54, 1.807) is 0 Å². The Balaban J connectivity index is 0.000000806.